The first-order chi connectivity index (χ1) is 15.7. The summed E-state index contributed by atoms with van der Waals surface area (Å²) in [5.74, 6) is 1.05. The molecule has 0 aliphatic heterocycles. The summed E-state index contributed by atoms with van der Waals surface area (Å²) in [6.45, 7) is 5.97. The van der Waals surface area contributed by atoms with Gasteiger partial charge in [0.25, 0.3) is 0 Å². The molecule has 0 aliphatic rings. The molecule has 0 amide bonds. The molecule has 0 saturated heterocycles. The predicted molar refractivity (Wildman–Crippen MR) is 125 cm³/mol. The normalized spacial score (nSPS) is 11.4. The fourth-order valence-corrected chi connectivity index (χ4v) is 3.51. The van der Waals surface area contributed by atoms with Crippen molar-refractivity contribution < 1.29 is 19.4 Å². The van der Waals surface area contributed by atoms with Gasteiger partial charge >= 0.3 is 11.7 Å². The average Bonchev–Trinajstić information content (AvgIpc) is 3.09. The molecule has 0 aliphatic carbocycles. The maximum absolute atomic E-state index is 12.8. The van der Waals surface area contributed by atoms with Crippen LogP contribution in [0.3, 0.4) is 0 Å². The van der Waals surface area contributed by atoms with Crippen molar-refractivity contribution in [1.29, 1.82) is 0 Å². The molecule has 0 saturated carbocycles. The van der Waals surface area contributed by atoms with Crippen molar-refractivity contribution >= 4 is 5.97 Å². The summed E-state index contributed by atoms with van der Waals surface area (Å²) in [5.41, 5.74) is 0.707. The highest BCUT2D eigenvalue weighted by molar-refractivity contribution is 5.76. The zero-order valence-electron chi connectivity index (χ0n) is 19.6. The Bertz CT molecular complexity index is 1130. The molecule has 8 nitrogen and oxygen atoms in total. The van der Waals surface area contributed by atoms with Crippen LogP contribution in [0.25, 0.3) is 0 Å². The average molecular weight is 454 g/mol. The van der Waals surface area contributed by atoms with E-state index in [1.165, 1.54) is 18.5 Å². The van der Waals surface area contributed by atoms with Crippen molar-refractivity contribution in [3.8, 4) is 11.5 Å². The van der Waals surface area contributed by atoms with Crippen LogP contribution in [0.2, 0.25) is 0 Å². The van der Waals surface area contributed by atoms with Crippen LogP contribution in [-0.4, -0.2) is 38.1 Å². The van der Waals surface area contributed by atoms with Crippen molar-refractivity contribution in [3.05, 3.63) is 76.0 Å². The fourth-order valence-electron chi connectivity index (χ4n) is 3.51. The number of benzene rings is 2. The molecule has 0 fully saturated rings. The van der Waals surface area contributed by atoms with Gasteiger partial charge in [-0.05, 0) is 69.0 Å². The second-order valence-corrected chi connectivity index (χ2v) is 8.36. The molecule has 2 aromatic carbocycles. The summed E-state index contributed by atoms with van der Waals surface area (Å²) in [4.78, 5) is 24.0. The van der Waals surface area contributed by atoms with Crippen LogP contribution in [0, 0.1) is 0 Å². The number of hydrogen-bond donors (Lipinski definition) is 1. The first-order valence-electron chi connectivity index (χ1n) is 11.0. The summed E-state index contributed by atoms with van der Waals surface area (Å²) >= 11 is 0. The summed E-state index contributed by atoms with van der Waals surface area (Å²) in [7, 11) is 1.62. The quantitative estimate of drug-likeness (QED) is 0.477. The third kappa shape index (κ3) is 6.03. The molecular weight excluding hydrogens is 422 g/mol. The predicted octanol–water partition coefficient (Wildman–Crippen LogP) is 3.54. The molecule has 1 heterocycles. The molecule has 33 heavy (non-hydrogen) atoms. The molecule has 0 atom stereocenters. The summed E-state index contributed by atoms with van der Waals surface area (Å²) in [5, 5.41) is 13.8. The molecule has 0 unspecified atom stereocenters. The number of rotatable bonds is 11. The molecule has 1 N–H and O–H groups in total. The molecule has 8 heteroatoms. The standard InChI is InChI=1S/C25H31N3O5/c1-5-27-22(26-28(24(27)31)17-19-11-13-20(32-4)14-12-19)8-6-7-18-9-15-21(16-10-18)33-25(2,3)23(29)30/h9-16H,5-8,17H2,1-4H3,(H,29,30). The van der Waals surface area contributed by atoms with Gasteiger partial charge in [-0.25, -0.2) is 14.3 Å². The van der Waals surface area contributed by atoms with Crippen molar-refractivity contribution in [2.24, 2.45) is 0 Å². The maximum atomic E-state index is 12.8. The lowest BCUT2D eigenvalue weighted by atomic mass is 10.1. The van der Waals surface area contributed by atoms with Gasteiger partial charge < -0.3 is 14.6 Å². The van der Waals surface area contributed by atoms with Gasteiger partial charge in [0.15, 0.2) is 5.60 Å². The zero-order valence-corrected chi connectivity index (χ0v) is 19.6. The van der Waals surface area contributed by atoms with E-state index in [1.54, 1.807) is 23.8 Å². The van der Waals surface area contributed by atoms with Crippen molar-refractivity contribution in [2.75, 3.05) is 7.11 Å². The SMILES string of the molecule is CCn1c(CCCc2ccc(OC(C)(C)C(=O)O)cc2)nn(Cc2ccc(OC)cc2)c1=O. The minimum Gasteiger partial charge on any atom is -0.497 e. The van der Waals surface area contributed by atoms with Gasteiger partial charge in [0.05, 0.1) is 13.7 Å². The Morgan fingerprint density at radius 1 is 1.00 bits per heavy atom. The third-order valence-electron chi connectivity index (χ3n) is 5.48. The number of aliphatic carboxylic acids is 1. The number of carboxylic acids is 1. The number of nitrogens with zero attached hydrogens (tertiary/aromatic N) is 3. The van der Waals surface area contributed by atoms with E-state index in [4.69, 9.17) is 9.47 Å². The monoisotopic (exact) mass is 453 g/mol. The highest BCUT2D eigenvalue weighted by Crippen LogP contribution is 2.20. The molecule has 0 radical (unpaired) electrons. The summed E-state index contributed by atoms with van der Waals surface area (Å²) < 4.78 is 14.0. The minimum atomic E-state index is -1.28. The van der Waals surface area contributed by atoms with E-state index in [1.807, 2.05) is 43.3 Å². The van der Waals surface area contributed by atoms with Gasteiger partial charge in [-0.3, -0.25) is 4.57 Å². The van der Waals surface area contributed by atoms with E-state index >= 15 is 0 Å². The van der Waals surface area contributed by atoms with Crippen LogP contribution in [-0.2, 0) is 30.7 Å². The van der Waals surface area contributed by atoms with E-state index in [0.29, 0.717) is 25.3 Å². The number of aryl methyl sites for hydroxylation is 2. The summed E-state index contributed by atoms with van der Waals surface area (Å²) in [6, 6.07) is 15.0. The number of aromatic nitrogens is 3. The van der Waals surface area contributed by atoms with Crippen molar-refractivity contribution in [1.82, 2.24) is 14.3 Å². The Hall–Kier alpha value is -3.55. The van der Waals surface area contributed by atoms with Gasteiger partial charge in [-0.15, -0.1) is 0 Å². The smallest absolute Gasteiger partial charge is 0.347 e. The number of carboxylic acid groups (broad SMARTS) is 1. The van der Waals surface area contributed by atoms with Crippen LogP contribution < -0.4 is 15.2 Å². The van der Waals surface area contributed by atoms with Crippen LogP contribution in [0.1, 0.15) is 44.1 Å². The first kappa shape index (κ1) is 24.1. The third-order valence-corrected chi connectivity index (χ3v) is 5.48. The molecule has 0 spiro atoms. The van der Waals surface area contributed by atoms with Gasteiger partial charge in [-0.1, -0.05) is 24.3 Å². The highest BCUT2D eigenvalue weighted by atomic mass is 16.5. The second-order valence-electron chi connectivity index (χ2n) is 8.36. The van der Waals surface area contributed by atoms with E-state index in [-0.39, 0.29) is 5.69 Å². The Labute approximate surface area is 193 Å². The summed E-state index contributed by atoms with van der Waals surface area (Å²) in [6.07, 6.45) is 2.33. The fraction of sp³-hybridized carbons (Fsp3) is 0.400. The van der Waals surface area contributed by atoms with Gasteiger partial charge in [0.2, 0.25) is 0 Å². The molecule has 3 rings (SSSR count). The lowest BCUT2D eigenvalue weighted by Crippen LogP contribution is -2.37. The number of ether oxygens (including phenoxy) is 2. The Balaban J connectivity index is 1.61. The largest absolute Gasteiger partial charge is 0.497 e. The highest BCUT2D eigenvalue weighted by Gasteiger charge is 2.29. The maximum Gasteiger partial charge on any atom is 0.347 e. The van der Waals surface area contributed by atoms with Crippen molar-refractivity contribution in [2.45, 2.75) is 58.7 Å². The van der Waals surface area contributed by atoms with E-state index in [0.717, 1.165) is 35.5 Å². The Kier molecular flexibility index (Phi) is 7.58. The van der Waals surface area contributed by atoms with E-state index in [2.05, 4.69) is 5.10 Å². The van der Waals surface area contributed by atoms with Crippen LogP contribution in [0.5, 0.6) is 11.5 Å². The number of carbonyl (C=O) groups is 1. The lowest BCUT2D eigenvalue weighted by Gasteiger charge is -2.21. The Morgan fingerprint density at radius 3 is 2.18 bits per heavy atom. The first-order valence-corrected chi connectivity index (χ1v) is 11.0. The molecule has 176 valence electrons. The lowest BCUT2D eigenvalue weighted by molar-refractivity contribution is -0.152. The molecule has 1 aromatic heterocycles. The zero-order chi connectivity index (χ0) is 24.0. The topological polar surface area (TPSA) is 95.6 Å². The van der Waals surface area contributed by atoms with Gasteiger partial charge in [0, 0.05) is 13.0 Å². The number of hydrogen-bond acceptors (Lipinski definition) is 5. The van der Waals surface area contributed by atoms with E-state index < -0.39 is 11.6 Å². The molecule has 3 aromatic rings. The van der Waals surface area contributed by atoms with Gasteiger partial charge in [0.1, 0.15) is 17.3 Å². The number of methoxy groups -OCH3 is 1. The van der Waals surface area contributed by atoms with Gasteiger partial charge in [-0.2, -0.15) is 5.10 Å². The van der Waals surface area contributed by atoms with Crippen molar-refractivity contribution in [3.63, 3.8) is 0 Å². The molecular formula is C25H31N3O5. The molecule has 0 bridgehead atoms. The Morgan fingerprint density at radius 2 is 1.61 bits per heavy atom. The second kappa shape index (κ2) is 10.4. The van der Waals surface area contributed by atoms with Crippen LogP contribution in [0.15, 0.2) is 53.3 Å². The van der Waals surface area contributed by atoms with Crippen LogP contribution in [0.4, 0.5) is 0 Å². The van der Waals surface area contributed by atoms with Crippen LogP contribution >= 0.6 is 0 Å². The minimum absolute atomic E-state index is 0.106. The van der Waals surface area contributed by atoms with E-state index in [9.17, 15) is 14.7 Å².